The molecule has 0 bridgehead atoms. The third kappa shape index (κ3) is 4.55. The van der Waals surface area contributed by atoms with Gasteiger partial charge < -0.3 is 14.9 Å². The maximum Gasteiger partial charge on any atom is 0.293 e. The van der Waals surface area contributed by atoms with Gasteiger partial charge in [-0.3, -0.25) is 14.4 Å². The number of fused-ring (bicyclic) bond motifs is 2. The number of carbonyl (C=O) groups excluding carboxylic acids is 2. The Hall–Kier alpha value is -3.82. The fourth-order valence-electron chi connectivity index (χ4n) is 4.93. The smallest absolute Gasteiger partial charge is 0.293 e. The molecule has 2 amide bonds. The predicted octanol–water partition coefficient (Wildman–Crippen LogP) is 1.38. The van der Waals surface area contributed by atoms with Crippen molar-refractivity contribution in [2.24, 2.45) is 11.3 Å². The van der Waals surface area contributed by atoms with Crippen LogP contribution in [0.5, 0.6) is 0 Å². The van der Waals surface area contributed by atoms with Gasteiger partial charge in [0.15, 0.2) is 0 Å². The highest BCUT2D eigenvalue weighted by Crippen LogP contribution is 2.46. The first-order chi connectivity index (χ1) is 16.0. The van der Waals surface area contributed by atoms with Crippen LogP contribution in [0.2, 0.25) is 0 Å². The highest BCUT2D eigenvalue weighted by atomic mass is 16.3. The first kappa shape index (κ1) is 22.4. The molecule has 0 aliphatic carbocycles. The fraction of sp³-hybridized carbons (Fsp3) is 0.391. The van der Waals surface area contributed by atoms with E-state index in [2.05, 4.69) is 39.3 Å². The molecule has 0 unspecified atom stereocenters. The van der Waals surface area contributed by atoms with Gasteiger partial charge in [-0.1, -0.05) is 30.3 Å². The number of aryl methyl sites for hydroxylation is 1. The van der Waals surface area contributed by atoms with Crippen molar-refractivity contribution in [3.8, 4) is 0 Å². The zero-order valence-corrected chi connectivity index (χ0v) is 18.4. The van der Waals surface area contributed by atoms with Crippen LogP contribution in [-0.4, -0.2) is 79.0 Å². The summed E-state index contributed by atoms with van der Waals surface area (Å²) < 4.78 is 1.52. The number of likely N-dealkylation sites (tertiary alicyclic amines) is 2. The quantitative estimate of drug-likeness (QED) is 0.596. The van der Waals surface area contributed by atoms with Crippen molar-refractivity contribution in [2.45, 2.75) is 19.8 Å². The minimum absolute atomic E-state index is 0.0887. The summed E-state index contributed by atoms with van der Waals surface area (Å²) in [4.78, 5) is 45.8. The monoisotopic (exact) mass is 450 g/mol. The summed E-state index contributed by atoms with van der Waals surface area (Å²) in [6.07, 6.45) is 5.24. The zero-order valence-electron chi connectivity index (χ0n) is 18.4. The van der Waals surface area contributed by atoms with Crippen molar-refractivity contribution in [1.29, 1.82) is 0 Å². The van der Waals surface area contributed by atoms with Gasteiger partial charge in [-0.25, -0.2) is 9.50 Å². The number of nitrogens with zero attached hydrogens (tertiary/aromatic N) is 6. The Morgan fingerprint density at radius 1 is 1.15 bits per heavy atom. The van der Waals surface area contributed by atoms with E-state index in [1.54, 1.807) is 25.4 Å². The number of hydrogen-bond acceptors (Lipinski definition) is 6. The van der Waals surface area contributed by atoms with E-state index >= 15 is 0 Å². The van der Waals surface area contributed by atoms with Crippen LogP contribution in [0.1, 0.15) is 29.5 Å². The van der Waals surface area contributed by atoms with Crippen LogP contribution in [0, 0.1) is 11.3 Å². The number of hydrogen-bond donors (Lipinski definition) is 1. The average Bonchev–Trinajstić information content (AvgIpc) is 3.49. The van der Waals surface area contributed by atoms with Gasteiger partial charge >= 0.3 is 0 Å². The summed E-state index contributed by atoms with van der Waals surface area (Å²) in [5.74, 6) is 0.805. The summed E-state index contributed by atoms with van der Waals surface area (Å²) >= 11 is 0. The number of carboxylic acid groups (broad SMARTS) is 1. The van der Waals surface area contributed by atoms with E-state index in [4.69, 9.17) is 9.90 Å². The van der Waals surface area contributed by atoms with E-state index < -0.39 is 0 Å². The van der Waals surface area contributed by atoms with Crippen molar-refractivity contribution in [1.82, 2.24) is 29.4 Å². The van der Waals surface area contributed by atoms with Gasteiger partial charge in [0.1, 0.15) is 0 Å². The minimum Gasteiger partial charge on any atom is -0.483 e. The summed E-state index contributed by atoms with van der Waals surface area (Å²) in [5, 5.41) is 11.2. The molecule has 1 aromatic carbocycles. The predicted molar refractivity (Wildman–Crippen MR) is 118 cm³/mol. The van der Waals surface area contributed by atoms with Gasteiger partial charge in [-0.05, 0) is 24.5 Å². The molecule has 0 saturated carbocycles. The second-order valence-electron chi connectivity index (χ2n) is 8.54. The zero-order chi connectivity index (χ0) is 23.4. The van der Waals surface area contributed by atoms with Crippen molar-refractivity contribution >= 4 is 24.1 Å². The molecular formula is C23H26N6O4. The lowest BCUT2D eigenvalue weighted by atomic mass is 9.76. The molecule has 10 nitrogen and oxygen atoms in total. The first-order valence-corrected chi connectivity index (χ1v) is 10.8. The molecule has 0 radical (unpaired) electrons. The summed E-state index contributed by atoms with van der Waals surface area (Å²) in [7, 11) is 0. The fourth-order valence-corrected chi connectivity index (χ4v) is 4.93. The molecule has 2 aromatic heterocycles. The van der Waals surface area contributed by atoms with E-state index in [1.807, 2.05) is 15.9 Å². The molecule has 1 N–H and O–H groups in total. The molecule has 3 aromatic rings. The molecule has 33 heavy (non-hydrogen) atoms. The number of amides is 2. The Labute approximate surface area is 190 Å². The minimum atomic E-state index is -0.250. The standard InChI is InChI=1S/C22H24N6O2.CH2O2/c1-16(29)26-12-18-13-27(20(30)19-24-21-23-10-5-11-28(21)25-19)15-22(18,14-26)9-8-17-6-3-2-4-7-17;2-1-3/h2-7,10-11,18H,8-9,12-15H2,1H3;1H,(H,2,3)/t18-,22+;/m1./s1. The van der Waals surface area contributed by atoms with Gasteiger partial charge in [0.2, 0.25) is 11.7 Å². The topological polar surface area (TPSA) is 121 Å². The molecule has 2 saturated heterocycles. The molecule has 5 rings (SSSR count). The Morgan fingerprint density at radius 3 is 2.55 bits per heavy atom. The molecule has 172 valence electrons. The van der Waals surface area contributed by atoms with Crippen LogP contribution in [0.3, 0.4) is 0 Å². The van der Waals surface area contributed by atoms with Gasteiger partial charge in [0.25, 0.3) is 18.2 Å². The van der Waals surface area contributed by atoms with Crippen LogP contribution < -0.4 is 0 Å². The van der Waals surface area contributed by atoms with E-state index in [-0.39, 0.29) is 35.4 Å². The lowest BCUT2D eigenvalue weighted by Crippen LogP contribution is -2.38. The lowest BCUT2D eigenvalue weighted by molar-refractivity contribution is -0.128. The summed E-state index contributed by atoms with van der Waals surface area (Å²) in [6.45, 7) is 4.02. The second-order valence-corrected chi connectivity index (χ2v) is 8.54. The van der Waals surface area contributed by atoms with Crippen LogP contribution >= 0.6 is 0 Å². The van der Waals surface area contributed by atoms with Crippen molar-refractivity contribution in [3.05, 3.63) is 60.2 Å². The van der Waals surface area contributed by atoms with Crippen LogP contribution in [0.4, 0.5) is 0 Å². The van der Waals surface area contributed by atoms with Gasteiger partial charge in [-0.2, -0.15) is 4.98 Å². The maximum atomic E-state index is 13.2. The van der Waals surface area contributed by atoms with E-state index in [0.29, 0.717) is 32.0 Å². The van der Waals surface area contributed by atoms with Crippen molar-refractivity contribution < 1.29 is 19.5 Å². The lowest BCUT2D eigenvalue weighted by Gasteiger charge is -2.29. The first-order valence-electron chi connectivity index (χ1n) is 10.8. The molecule has 2 aliphatic heterocycles. The molecule has 2 atom stereocenters. The molecule has 2 aliphatic rings. The van der Waals surface area contributed by atoms with E-state index in [1.165, 1.54) is 10.1 Å². The summed E-state index contributed by atoms with van der Waals surface area (Å²) in [5.41, 5.74) is 1.19. The molecule has 4 heterocycles. The number of benzene rings is 1. The van der Waals surface area contributed by atoms with Gasteiger partial charge in [0.05, 0.1) is 0 Å². The SMILES string of the molecule is CC(=O)N1C[C@@H]2CN(C(=O)c3nc4ncccn4n3)C[C@]2(CCc2ccccc2)C1.O=CO. The number of rotatable bonds is 4. The molecular weight excluding hydrogens is 424 g/mol. The van der Waals surface area contributed by atoms with Crippen LogP contribution in [-0.2, 0) is 16.0 Å². The van der Waals surface area contributed by atoms with E-state index in [0.717, 1.165) is 12.8 Å². The molecule has 2 fully saturated rings. The normalized spacial score (nSPS) is 21.4. The van der Waals surface area contributed by atoms with Crippen molar-refractivity contribution in [2.75, 3.05) is 26.2 Å². The van der Waals surface area contributed by atoms with Gasteiger partial charge in [-0.15, -0.1) is 5.10 Å². The highest BCUT2D eigenvalue weighted by molar-refractivity contribution is 5.91. The Balaban J connectivity index is 0.000000821. The highest BCUT2D eigenvalue weighted by Gasteiger charge is 2.53. The average molecular weight is 450 g/mol. The Morgan fingerprint density at radius 2 is 1.85 bits per heavy atom. The molecule has 0 spiro atoms. The largest absolute Gasteiger partial charge is 0.483 e. The Bertz CT molecular complexity index is 1120. The third-order valence-electron chi connectivity index (χ3n) is 6.55. The van der Waals surface area contributed by atoms with Gasteiger partial charge in [0, 0.05) is 56.8 Å². The molecule has 10 heteroatoms. The number of carbonyl (C=O) groups is 3. The second kappa shape index (κ2) is 9.35. The van der Waals surface area contributed by atoms with E-state index in [9.17, 15) is 9.59 Å². The van der Waals surface area contributed by atoms with Crippen LogP contribution in [0.15, 0.2) is 48.8 Å². The summed E-state index contributed by atoms with van der Waals surface area (Å²) in [6, 6.07) is 12.1. The van der Waals surface area contributed by atoms with Crippen LogP contribution in [0.25, 0.3) is 5.78 Å². The van der Waals surface area contributed by atoms with Crippen molar-refractivity contribution in [3.63, 3.8) is 0 Å². The third-order valence-corrected chi connectivity index (χ3v) is 6.55. The maximum absolute atomic E-state index is 13.2. The number of aromatic nitrogens is 4. The Kier molecular flexibility index (Phi) is 6.34.